The number of rotatable bonds is 3. The second-order valence-electron chi connectivity index (χ2n) is 6.67. The van der Waals surface area contributed by atoms with Gasteiger partial charge in [0.2, 0.25) is 11.3 Å². The molecular formula is C20H23N4O+. The van der Waals surface area contributed by atoms with Gasteiger partial charge in [0.1, 0.15) is 5.69 Å². The van der Waals surface area contributed by atoms with E-state index in [1.807, 2.05) is 42.6 Å². The van der Waals surface area contributed by atoms with Crippen LogP contribution in [0, 0.1) is 0 Å². The van der Waals surface area contributed by atoms with Crippen LogP contribution in [-0.4, -0.2) is 21.5 Å². The fraction of sp³-hybridized carbons (Fsp3) is 0.350. The number of carbonyl (C=O) groups excluding carboxylic acids is 1. The number of fused-ring (bicyclic) bond motifs is 1. The van der Waals surface area contributed by atoms with Gasteiger partial charge in [0.05, 0.1) is 12.2 Å². The number of hydrogen-bond acceptors (Lipinski definition) is 3. The van der Waals surface area contributed by atoms with E-state index < -0.39 is 0 Å². The van der Waals surface area contributed by atoms with Gasteiger partial charge in [-0.3, -0.25) is 15.1 Å². The SMILES string of the molecule is CC(=O)n1c(-c2ccccn2)c(NC2CCCCC2)[n+]2ccccc12. The zero-order chi connectivity index (χ0) is 17.2. The Kier molecular flexibility index (Phi) is 4.22. The van der Waals surface area contributed by atoms with Crippen LogP contribution in [-0.2, 0) is 0 Å². The Labute approximate surface area is 147 Å². The van der Waals surface area contributed by atoms with Crippen LogP contribution >= 0.6 is 0 Å². The summed E-state index contributed by atoms with van der Waals surface area (Å²) < 4.78 is 3.83. The van der Waals surface area contributed by atoms with Gasteiger partial charge in [0.25, 0.3) is 11.7 Å². The fourth-order valence-electron chi connectivity index (χ4n) is 3.78. The van der Waals surface area contributed by atoms with Crippen LogP contribution < -0.4 is 9.72 Å². The van der Waals surface area contributed by atoms with Crippen LogP contribution in [0.4, 0.5) is 5.82 Å². The van der Waals surface area contributed by atoms with Crippen molar-refractivity contribution in [2.45, 2.75) is 45.1 Å². The molecule has 1 N–H and O–H groups in total. The molecule has 0 spiro atoms. The van der Waals surface area contributed by atoms with Gasteiger partial charge >= 0.3 is 0 Å². The molecular weight excluding hydrogens is 312 g/mol. The molecule has 0 amide bonds. The van der Waals surface area contributed by atoms with Crippen molar-refractivity contribution in [2.75, 3.05) is 5.32 Å². The zero-order valence-corrected chi connectivity index (χ0v) is 14.5. The van der Waals surface area contributed by atoms with Crippen molar-refractivity contribution in [2.24, 2.45) is 0 Å². The van der Waals surface area contributed by atoms with Gasteiger partial charge in [-0.2, -0.15) is 4.57 Å². The van der Waals surface area contributed by atoms with Gasteiger partial charge in [-0.15, -0.1) is 0 Å². The van der Waals surface area contributed by atoms with E-state index in [0.29, 0.717) is 6.04 Å². The lowest BCUT2D eigenvalue weighted by molar-refractivity contribution is -0.495. The Morgan fingerprint density at radius 1 is 1.16 bits per heavy atom. The lowest BCUT2D eigenvalue weighted by atomic mass is 9.95. The number of carbonyl (C=O) groups is 1. The number of anilines is 1. The Hall–Kier alpha value is -2.69. The third kappa shape index (κ3) is 2.90. The monoisotopic (exact) mass is 335 g/mol. The van der Waals surface area contributed by atoms with Crippen LogP contribution in [0.1, 0.15) is 43.8 Å². The first-order valence-corrected chi connectivity index (χ1v) is 8.99. The molecule has 0 unspecified atom stereocenters. The highest BCUT2D eigenvalue weighted by atomic mass is 16.1. The molecule has 1 saturated carbocycles. The van der Waals surface area contributed by atoms with Gasteiger partial charge < -0.3 is 0 Å². The van der Waals surface area contributed by atoms with Gasteiger partial charge in [-0.05, 0) is 31.0 Å². The minimum Gasteiger partial charge on any atom is -0.300 e. The van der Waals surface area contributed by atoms with Crippen LogP contribution in [0.25, 0.3) is 17.0 Å². The Morgan fingerprint density at radius 2 is 1.96 bits per heavy atom. The molecule has 5 nitrogen and oxygen atoms in total. The maximum atomic E-state index is 12.5. The first-order chi connectivity index (χ1) is 12.3. The molecule has 3 aromatic heterocycles. The third-order valence-electron chi connectivity index (χ3n) is 4.92. The molecule has 0 aromatic carbocycles. The van der Waals surface area contributed by atoms with Gasteiger partial charge in [-0.1, -0.05) is 31.4 Å². The molecule has 0 saturated heterocycles. The van der Waals surface area contributed by atoms with E-state index in [2.05, 4.69) is 14.7 Å². The fourth-order valence-corrected chi connectivity index (χ4v) is 3.78. The van der Waals surface area contributed by atoms with E-state index >= 15 is 0 Å². The summed E-state index contributed by atoms with van der Waals surface area (Å²) in [4.78, 5) is 17.0. The van der Waals surface area contributed by atoms with Crippen molar-refractivity contribution in [3.05, 3.63) is 48.8 Å². The van der Waals surface area contributed by atoms with Crippen molar-refractivity contribution in [3.63, 3.8) is 0 Å². The summed E-state index contributed by atoms with van der Waals surface area (Å²) in [6.45, 7) is 1.60. The van der Waals surface area contributed by atoms with E-state index in [0.717, 1.165) is 22.9 Å². The van der Waals surface area contributed by atoms with Gasteiger partial charge in [-0.25, -0.2) is 4.40 Å². The third-order valence-corrected chi connectivity index (χ3v) is 4.92. The molecule has 3 heterocycles. The average Bonchev–Trinajstić information content (AvgIpc) is 2.98. The number of aromatic nitrogens is 3. The van der Waals surface area contributed by atoms with Crippen molar-refractivity contribution in [3.8, 4) is 11.4 Å². The first-order valence-electron chi connectivity index (χ1n) is 8.99. The minimum atomic E-state index is -0.0129. The molecule has 128 valence electrons. The highest BCUT2D eigenvalue weighted by Crippen LogP contribution is 2.29. The summed E-state index contributed by atoms with van der Waals surface area (Å²) in [6.07, 6.45) is 9.94. The highest BCUT2D eigenvalue weighted by molar-refractivity contribution is 5.88. The largest absolute Gasteiger partial charge is 0.300 e. The number of imidazole rings is 1. The van der Waals surface area contributed by atoms with Crippen LogP contribution in [0.2, 0.25) is 0 Å². The van der Waals surface area contributed by atoms with Crippen molar-refractivity contribution in [1.82, 2.24) is 9.55 Å². The molecule has 1 aliphatic carbocycles. The van der Waals surface area contributed by atoms with Crippen molar-refractivity contribution >= 4 is 17.4 Å². The summed E-state index contributed by atoms with van der Waals surface area (Å²) in [5, 5.41) is 3.72. The summed E-state index contributed by atoms with van der Waals surface area (Å²) >= 11 is 0. The maximum Gasteiger partial charge on any atom is 0.284 e. The topological polar surface area (TPSA) is 51.0 Å². The van der Waals surface area contributed by atoms with Gasteiger partial charge in [0.15, 0.2) is 0 Å². The van der Waals surface area contributed by atoms with E-state index in [1.165, 1.54) is 32.1 Å². The van der Waals surface area contributed by atoms with E-state index in [9.17, 15) is 4.79 Å². The standard InChI is InChI=1S/C20H23N4O/c1-15(25)24-18-12-6-8-14-23(18)20(22-16-9-3-2-4-10-16)19(24)17-11-5-7-13-21-17/h5-8,11-14,16,22H,2-4,9-10H2,1H3/q+1. The molecule has 1 fully saturated rings. The molecule has 5 heteroatoms. The Bertz CT molecular complexity index is 895. The molecule has 3 aromatic rings. The highest BCUT2D eigenvalue weighted by Gasteiger charge is 2.30. The van der Waals surface area contributed by atoms with Crippen molar-refractivity contribution < 1.29 is 9.20 Å². The molecule has 25 heavy (non-hydrogen) atoms. The molecule has 4 rings (SSSR count). The van der Waals surface area contributed by atoms with Gasteiger partial charge in [0, 0.05) is 19.2 Å². The normalized spacial score (nSPS) is 15.4. The summed E-state index contributed by atoms with van der Waals surface area (Å²) in [5.41, 5.74) is 2.50. The summed E-state index contributed by atoms with van der Waals surface area (Å²) in [6, 6.07) is 12.2. The Morgan fingerprint density at radius 3 is 2.68 bits per heavy atom. The van der Waals surface area contributed by atoms with Crippen LogP contribution in [0.3, 0.4) is 0 Å². The maximum absolute atomic E-state index is 12.5. The second-order valence-corrected chi connectivity index (χ2v) is 6.67. The first kappa shape index (κ1) is 15.8. The summed E-state index contributed by atoms with van der Waals surface area (Å²) in [5.74, 6) is 0.942. The van der Waals surface area contributed by atoms with Crippen LogP contribution in [0.5, 0.6) is 0 Å². The predicted molar refractivity (Wildman–Crippen MR) is 97.6 cm³/mol. The molecule has 0 aliphatic heterocycles. The van der Waals surface area contributed by atoms with E-state index in [1.54, 1.807) is 17.7 Å². The van der Waals surface area contributed by atoms with Crippen molar-refractivity contribution in [1.29, 1.82) is 0 Å². The number of hydrogen-bond donors (Lipinski definition) is 1. The van der Waals surface area contributed by atoms with E-state index in [4.69, 9.17) is 0 Å². The molecule has 1 aliphatic rings. The molecule has 0 atom stereocenters. The quantitative estimate of drug-likeness (QED) is 0.743. The molecule has 0 bridgehead atoms. The predicted octanol–water partition coefficient (Wildman–Crippen LogP) is 3.69. The number of pyridine rings is 2. The molecule has 0 radical (unpaired) electrons. The smallest absolute Gasteiger partial charge is 0.284 e. The summed E-state index contributed by atoms with van der Waals surface area (Å²) in [7, 11) is 0. The lowest BCUT2D eigenvalue weighted by Crippen LogP contribution is -2.30. The van der Waals surface area contributed by atoms with Crippen LogP contribution in [0.15, 0.2) is 48.8 Å². The second kappa shape index (κ2) is 6.67. The van der Waals surface area contributed by atoms with E-state index in [-0.39, 0.29) is 5.91 Å². The minimum absolute atomic E-state index is 0.0129. The average molecular weight is 335 g/mol. The lowest BCUT2D eigenvalue weighted by Gasteiger charge is -2.20. The number of nitrogens with zero attached hydrogens (tertiary/aromatic N) is 3. The zero-order valence-electron chi connectivity index (χ0n) is 14.5. The number of nitrogens with one attached hydrogen (secondary N) is 1. The Balaban J connectivity index is 1.93.